The van der Waals surface area contributed by atoms with E-state index in [1.807, 2.05) is 12.3 Å². The van der Waals surface area contributed by atoms with Crippen molar-refractivity contribution in [3.05, 3.63) is 151 Å². The van der Waals surface area contributed by atoms with Crippen LogP contribution in [0.5, 0.6) is 0 Å². The number of hydrogen-bond acceptors (Lipinski definition) is 2. The van der Waals surface area contributed by atoms with E-state index in [1.54, 1.807) is 0 Å². The molecule has 6 aromatic carbocycles. The zero-order valence-electron chi connectivity index (χ0n) is 27.2. The lowest BCUT2D eigenvalue weighted by Crippen LogP contribution is -2.11. The normalized spacial score (nSPS) is 12.1. The van der Waals surface area contributed by atoms with Gasteiger partial charge in [-0.3, -0.25) is 9.55 Å². The minimum atomic E-state index is 0.00191. The van der Waals surface area contributed by atoms with Crippen LogP contribution in [-0.2, 0) is 5.41 Å². The Hall–Kier alpha value is -6.00. The van der Waals surface area contributed by atoms with E-state index in [-0.39, 0.29) is 5.41 Å². The minimum absolute atomic E-state index is 0.00191. The van der Waals surface area contributed by atoms with Gasteiger partial charge in [0.2, 0.25) is 0 Å². The van der Waals surface area contributed by atoms with Gasteiger partial charge in [-0.15, -0.1) is 0 Å². The lowest BCUT2D eigenvalue weighted by atomic mass is 9.84. The molecule has 0 amide bonds. The number of fused-ring (bicyclic) bond motifs is 5. The molecule has 0 spiro atoms. The quantitative estimate of drug-likeness (QED) is 0.213. The molecule has 9 rings (SSSR count). The third-order valence-electron chi connectivity index (χ3n) is 9.53. The topological polar surface area (TPSA) is 46.5 Å². The minimum Gasteiger partial charge on any atom is -0.354 e. The van der Waals surface area contributed by atoms with Gasteiger partial charge >= 0.3 is 0 Å². The third-order valence-corrected chi connectivity index (χ3v) is 9.53. The summed E-state index contributed by atoms with van der Waals surface area (Å²) in [6, 6.07) is 49.7. The highest BCUT2D eigenvalue weighted by atomic mass is 15.1. The van der Waals surface area contributed by atoms with Gasteiger partial charge in [-0.05, 0) is 65.1 Å². The maximum Gasteiger partial charge on any atom is 0.145 e. The van der Waals surface area contributed by atoms with E-state index in [4.69, 9.17) is 9.97 Å². The molecule has 4 heteroatoms. The Bertz CT molecular complexity index is 2650. The number of pyridine rings is 1. The van der Waals surface area contributed by atoms with Crippen molar-refractivity contribution >= 4 is 43.7 Å². The van der Waals surface area contributed by atoms with Crippen LogP contribution in [0.1, 0.15) is 26.3 Å². The van der Waals surface area contributed by atoms with E-state index in [0.29, 0.717) is 0 Å². The smallest absolute Gasteiger partial charge is 0.145 e. The Morgan fingerprint density at radius 1 is 0.583 bits per heavy atom. The fraction of sp³-hybridized carbons (Fsp3) is 0.0909. The predicted molar refractivity (Wildman–Crippen MR) is 201 cm³/mol. The first-order valence-electron chi connectivity index (χ1n) is 16.5. The van der Waals surface area contributed by atoms with Crippen LogP contribution >= 0.6 is 0 Å². The molecule has 0 unspecified atom stereocenters. The van der Waals surface area contributed by atoms with Crippen LogP contribution in [0, 0.1) is 0 Å². The zero-order valence-corrected chi connectivity index (χ0v) is 27.2. The van der Waals surface area contributed by atoms with Crippen molar-refractivity contribution in [1.29, 1.82) is 0 Å². The standard InChI is InChI=1S/C44H34N4/c1-44(2,3)31-26-29-15-12-24-45-40(29)37(27-31)28-13-9-14-30(25-28)43-47-42-36(21-11-23-39(42)48(43)32-16-5-4-6-17-32)35-20-10-19-34-33-18-7-8-22-38(33)46-41(34)35/h4-27,46H,1-3H3. The Balaban J connectivity index is 1.29. The van der Waals surface area contributed by atoms with Crippen LogP contribution < -0.4 is 0 Å². The van der Waals surface area contributed by atoms with E-state index in [9.17, 15) is 0 Å². The Morgan fingerprint density at radius 2 is 1.33 bits per heavy atom. The number of aromatic amines is 1. The molecule has 0 saturated heterocycles. The maximum atomic E-state index is 5.48. The van der Waals surface area contributed by atoms with Gasteiger partial charge in [0, 0.05) is 55.8 Å². The maximum absolute atomic E-state index is 5.48. The molecule has 0 fully saturated rings. The number of benzene rings is 6. The molecule has 0 radical (unpaired) electrons. The first-order valence-corrected chi connectivity index (χ1v) is 16.5. The van der Waals surface area contributed by atoms with E-state index in [1.165, 1.54) is 16.3 Å². The molecule has 0 bridgehead atoms. The number of para-hydroxylation sites is 4. The summed E-state index contributed by atoms with van der Waals surface area (Å²) < 4.78 is 2.30. The molecule has 1 N–H and O–H groups in total. The average Bonchev–Trinajstić information content (AvgIpc) is 3.70. The summed E-state index contributed by atoms with van der Waals surface area (Å²) in [5.41, 5.74) is 13.2. The molecule has 3 heterocycles. The summed E-state index contributed by atoms with van der Waals surface area (Å²) in [5.74, 6) is 0.901. The fourth-order valence-corrected chi connectivity index (χ4v) is 7.12. The van der Waals surface area contributed by atoms with Crippen LogP contribution in [0.2, 0.25) is 0 Å². The molecule has 0 aliphatic heterocycles. The third kappa shape index (κ3) is 4.52. The monoisotopic (exact) mass is 618 g/mol. The highest BCUT2D eigenvalue weighted by Gasteiger charge is 2.21. The number of rotatable bonds is 4. The van der Waals surface area contributed by atoms with E-state index in [2.05, 4.69) is 164 Å². The lowest BCUT2D eigenvalue weighted by Gasteiger charge is -2.21. The Labute approximate surface area is 279 Å². The number of H-pyrrole nitrogens is 1. The highest BCUT2D eigenvalue weighted by molar-refractivity contribution is 6.13. The highest BCUT2D eigenvalue weighted by Crippen LogP contribution is 2.40. The number of aromatic nitrogens is 4. The molecule has 0 saturated carbocycles. The van der Waals surface area contributed by atoms with Crippen LogP contribution in [0.25, 0.3) is 83.1 Å². The molecule has 4 nitrogen and oxygen atoms in total. The van der Waals surface area contributed by atoms with Gasteiger partial charge < -0.3 is 4.98 Å². The molecule has 3 aromatic heterocycles. The van der Waals surface area contributed by atoms with E-state index >= 15 is 0 Å². The van der Waals surface area contributed by atoms with Gasteiger partial charge in [0.15, 0.2) is 0 Å². The summed E-state index contributed by atoms with van der Waals surface area (Å²) in [4.78, 5) is 14.0. The van der Waals surface area contributed by atoms with E-state index in [0.717, 1.165) is 72.3 Å². The van der Waals surface area contributed by atoms with Crippen LogP contribution in [0.3, 0.4) is 0 Å². The molecule has 48 heavy (non-hydrogen) atoms. The van der Waals surface area contributed by atoms with Crippen molar-refractivity contribution in [2.45, 2.75) is 26.2 Å². The zero-order chi connectivity index (χ0) is 32.4. The van der Waals surface area contributed by atoms with Gasteiger partial charge in [-0.1, -0.05) is 112 Å². The first kappa shape index (κ1) is 28.2. The summed E-state index contributed by atoms with van der Waals surface area (Å²) in [5, 5.41) is 3.60. The van der Waals surface area contributed by atoms with Gasteiger partial charge in [-0.25, -0.2) is 4.98 Å². The van der Waals surface area contributed by atoms with Crippen molar-refractivity contribution in [2.75, 3.05) is 0 Å². The van der Waals surface area contributed by atoms with Gasteiger partial charge in [0.05, 0.1) is 22.1 Å². The van der Waals surface area contributed by atoms with Gasteiger partial charge in [0.25, 0.3) is 0 Å². The SMILES string of the molecule is CC(C)(C)c1cc(-c2cccc(-c3nc4c(-c5cccc6c5[nH]c5ccccc56)cccc4n3-c3ccccc3)c2)c2ncccc2c1. The first-order chi connectivity index (χ1) is 23.4. The fourth-order valence-electron chi connectivity index (χ4n) is 7.12. The lowest BCUT2D eigenvalue weighted by molar-refractivity contribution is 0.591. The summed E-state index contributed by atoms with van der Waals surface area (Å²) in [6.45, 7) is 6.79. The largest absolute Gasteiger partial charge is 0.354 e. The summed E-state index contributed by atoms with van der Waals surface area (Å²) in [6.07, 6.45) is 1.89. The summed E-state index contributed by atoms with van der Waals surface area (Å²) in [7, 11) is 0. The summed E-state index contributed by atoms with van der Waals surface area (Å²) >= 11 is 0. The van der Waals surface area contributed by atoms with Crippen LogP contribution in [0.4, 0.5) is 0 Å². The number of nitrogens with one attached hydrogen (secondary N) is 1. The molecule has 0 aliphatic carbocycles. The Kier molecular flexibility index (Phi) is 6.34. The van der Waals surface area contributed by atoms with Crippen molar-refractivity contribution in [1.82, 2.24) is 19.5 Å². The molecule has 9 aromatic rings. The van der Waals surface area contributed by atoms with Crippen molar-refractivity contribution in [3.8, 4) is 39.3 Å². The van der Waals surface area contributed by atoms with Gasteiger partial charge in [0.1, 0.15) is 5.82 Å². The molecular weight excluding hydrogens is 585 g/mol. The van der Waals surface area contributed by atoms with Crippen molar-refractivity contribution < 1.29 is 0 Å². The number of nitrogens with zero attached hydrogens (tertiary/aromatic N) is 3. The number of imidazole rings is 1. The molecule has 0 atom stereocenters. The number of hydrogen-bond donors (Lipinski definition) is 1. The molecule has 230 valence electrons. The van der Waals surface area contributed by atoms with Crippen molar-refractivity contribution in [3.63, 3.8) is 0 Å². The average molecular weight is 619 g/mol. The van der Waals surface area contributed by atoms with Crippen LogP contribution in [-0.4, -0.2) is 19.5 Å². The molecular formula is C44H34N4. The Morgan fingerprint density at radius 3 is 2.21 bits per heavy atom. The second-order valence-electron chi connectivity index (χ2n) is 13.6. The second-order valence-corrected chi connectivity index (χ2v) is 13.6. The van der Waals surface area contributed by atoms with Crippen LogP contribution in [0.15, 0.2) is 146 Å². The van der Waals surface area contributed by atoms with E-state index < -0.39 is 0 Å². The van der Waals surface area contributed by atoms with Gasteiger partial charge in [-0.2, -0.15) is 0 Å². The predicted octanol–water partition coefficient (Wildman–Crippen LogP) is 11.5. The molecule has 0 aliphatic rings. The second kappa shape index (κ2) is 10.8. The van der Waals surface area contributed by atoms with Crippen molar-refractivity contribution in [2.24, 2.45) is 0 Å².